The summed E-state index contributed by atoms with van der Waals surface area (Å²) in [5.41, 5.74) is 6.45. The van der Waals surface area contributed by atoms with Crippen LogP contribution >= 0.6 is 0 Å². The number of nitrogens with two attached hydrogens (primary N) is 1. The van der Waals surface area contributed by atoms with Crippen LogP contribution < -0.4 is 5.73 Å². The minimum atomic E-state index is -0.461. The van der Waals surface area contributed by atoms with E-state index in [2.05, 4.69) is 0 Å². The van der Waals surface area contributed by atoms with Gasteiger partial charge in [0.05, 0.1) is 0 Å². The van der Waals surface area contributed by atoms with Crippen molar-refractivity contribution in [2.45, 2.75) is 25.9 Å². The monoisotopic (exact) mass is 262 g/mol. The molecule has 0 radical (unpaired) electrons. The molecule has 1 aliphatic heterocycles. The Hall–Kier alpha value is -2.04. The highest BCUT2D eigenvalue weighted by molar-refractivity contribution is 5.92. The van der Waals surface area contributed by atoms with E-state index in [1.165, 1.54) is 6.42 Å². The molecule has 1 saturated heterocycles. The molecular formula is C14H18N2O3. The number of carbonyl (C=O) groups excluding carboxylic acids is 2. The van der Waals surface area contributed by atoms with Gasteiger partial charge in [0, 0.05) is 18.7 Å². The van der Waals surface area contributed by atoms with E-state index in [0.717, 1.165) is 31.5 Å². The second-order valence-corrected chi connectivity index (χ2v) is 4.66. The molecule has 0 spiro atoms. The molecule has 0 aromatic heterocycles. The molecule has 1 aliphatic rings. The van der Waals surface area contributed by atoms with Crippen LogP contribution in [-0.2, 0) is 11.3 Å². The Balaban J connectivity index is 1.84. The lowest BCUT2D eigenvalue weighted by atomic mass is 10.1. The average molecular weight is 262 g/mol. The molecule has 1 heterocycles. The van der Waals surface area contributed by atoms with Crippen LogP contribution in [0.2, 0.25) is 0 Å². The molecule has 102 valence electrons. The molecule has 1 fully saturated rings. The largest absolute Gasteiger partial charge is 0.445 e. The number of hydrogen-bond donors (Lipinski definition) is 1. The van der Waals surface area contributed by atoms with Gasteiger partial charge in [-0.25, -0.2) is 4.79 Å². The number of likely N-dealkylation sites (tertiary alicyclic amines) is 1. The van der Waals surface area contributed by atoms with E-state index >= 15 is 0 Å². The van der Waals surface area contributed by atoms with Gasteiger partial charge in [0.2, 0.25) is 5.91 Å². The van der Waals surface area contributed by atoms with Gasteiger partial charge in [-0.05, 0) is 37.0 Å². The molecule has 0 atom stereocenters. The minimum absolute atomic E-state index is 0.217. The van der Waals surface area contributed by atoms with Crippen LogP contribution in [0.4, 0.5) is 4.79 Å². The number of benzene rings is 1. The summed E-state index contributed by atoms with van der Waals surface area (Å²) in [6.07, 6.45) is 3.00. The SMILES string of the molecule is NC(=O)c1ccc(COC(=O)N2CCCCC2)cc1. The zero-order valence-corrected chi connectivity index (χ0v) is 10.8. The van der Waals surface area contributed by atoms with Crippen molar-refractivity contribution < 1.29 is 14.3 Å². The standard InChI is InChI=1S/C14H18N2O3/c15-13(17)12-6-4-11(5-7-12)10-19-14(18)16-8-2-1-3-9-16/h4-7H,1-3,8-10H2,(H2,15,17). The van der Waals surface area contributed by atoms with Gasteiger partial charge in [0.25, 0.3) is 0 Å². The smallest absolute Gasteiger partial charge is 0.410 e. The van der Waals surface area contributed by atoms with E-state index < -0.39 is 5.91 Å². The summed E-state index contributed by atoms with van der Waals surface area (Å²) in [6.45, 7) is 1.77. The quantitative estimate of drug-likeness (QED) is 0.904. The van der Waals surface area contributed by atoms with Gasteiger partial charge in [0.15, 0.2) is 0 Å². The topological polar surface area (TPSA) is 72.6 Å². The average Bonchev–Trinajstić information content (AvgIpc) is 2.46. The molecule has 1 aromatic carbocycles. The van der Waals surface area contributed by atoms with Gasteiger partial charge in [-0.1, -0.05) is 12.1 Å². The number of rotatable bonds is 3. The summed E-state index contributed by atoms with van der Waals surface area (Å²) in [4.78, 5) is 24.4. The first-order valence-corrected chi connectivity index (χ1v) is 6.47. The summed E-state index contributed by atoms with van der Waals surface area (Å²) in [6, 6.07) is 6.74. The Morgan fingerprint density at radius 1 is 1.11 bits per heavy atom. The third-order valence-corrected chi connectivity index (χ3v) is 3.22. The van der Waals surface area contributed by atoms with Gasteiger partial charge in [0.1, 0.15) is 6.61 Å². The Kier molecular flexibility index (Phi) is 4.39. The molecule has 5 heteroatoms. The third kappa shape index (κ3) is 3.71. The number of hydrogen-bond acceptors (Lipinski definition) is 3. The fraction of sp³-hybridized carbons (Fsp3) is 0.429. The summed E-state index contributed by atoms with van der Waals surface area (Å²) in [5.74, 6) is -0.461. The lowest BCUT2D eigenvalue weighted by molar-refractivity contribution is 0.0893. The Labute approximate surface area is 112 Å². The zero-order chi connectivity index (χ0) is 13.7. The van der Waals surface area contributed by atoms with E-state index in [9.17, 15) is 9.59 Å². The van der Waals surface area contributed by atoms with Gasteiger partial charge < -0.3 is 15.4 Å². The van der Waals surface area contributed by atoms with E-state index in [1.54, 1.807) is 29.2 Å². The molecule has 1 aromatic rings. The summed E-state index contributed by atoms with van der Waals surface area (Å²) < 4.78 is 5.24. The fourth-order valence-corrected chi connectivity index (χ4v) is 2.08. The molecule has 0 unspecified atom stereocenters. The summed E-state index contributed by atoms with van der Waals surface area (Å²) in [5, 5.41) is 0. The zero-order valence-electron chi connectivity index (χ0n) is 10.8. The molecule has 5 nitrogen and oxygen atoms in total. The maximum atomic E-state index is 11.8. The highest BCUT2D eigenvalue weighted by atomic mass is 16.6. The van der Waals surface area contributed by atoms with Gasteiger partial charge in [-0.3, -0.25) is 4.79 Å². The van der Waals surface area contributed by atoms with E-state index in [1.807, 2.05) is 0 Å². The normalized spacial score (nSPS) is 15.1. The number of amides is 2. The lowest BCUT2D eigenvalue weighted by Gasteiger charge is -2.25. The van der Waals surface area contributed by atoms with Gasteiger partial charge in [-0.2, -0.15) is 0 Å². The number of ether oxygens (including phenoxy) is 1. The first-order chi connectivity index (χ1) is 9.16. The van der Waals surface area contributed by atoms with Crippen molar-refractivity contribution in [3.8, 4) is 0 Å². The number of primary amides is 1. The molecule has 2 N–H and O–H groups in total. The van der Waals surface area contributed by atoms with Crippen molar-refractivity contribution in [1.29, 1.82) is 0 Å². The van der Waals surface area contributed by atoms with Crippen LogP contribution in [0, 0.1) is 0 Å². The third-order valence-electron chi connectivity index (χ3n) is 3.22. The molecule has 0 saturated carbocycles. The lowest BCUT2D eigenvalue weighted by Crippen LogP contribution is -2.35. The van der Waals surface area contributed by atoms with Crippen molar-refractivity contribution in [1.82, 2.24) is 4.90 Å². The second-order valence-electron chi connectivity index (χ2n) is 4.66. The number of carbonyl (C=O) groups is 2. The van der Waals surface area contributed by atoms with Crippen molar-refractivity contribution in [3.63, 3.8) is 0 Å². The van der Waals surface area contributed by atoms with Crippen LogP contribution in [0.1, 0.15) is 35.2 Å². The fourth-order valence-electron chi connectivity index (χ4n) is 2.08. The first-order valence-electron chi connectivity index (χ1n) is 6.47. The first kappa shape index (κ1) is 13.4. The maximum absolute atomic E-state index is 11.8. The van der Waals surface area contributed by atoms with E-state index in [0.29, 0.717) is 5.56 Å². The van der Waals surface area contributed by atoms with Crippen molar-refractivity contribution >= 4 is 12.0 Å². The predicted molar refractivity (Wildman–Crippen MR) is 70.6 cm³/mol. The molecule has 0 aliphatic carbocycles. The maximum Gasteiger partial charge on any atom is 0.410 e. The number of piperidine rings is 1. The summed E-state index contributed by atoms with van der Waals surface area (Å²) in [7, 11) is 0. The van der Waals surface area contributed by atoms with Crippen LogP contribution in [0.3, 0.4) is 0 Å². The predicted octanol–water partition coefficient (Wildman–Crippen LogP) is 1.91. The van der Waals surface area contributed by atoms with Crippen molar-refractivity contribution in [3.05, 3.63) is 35.4 Å². The van der Waals surface area contributed by atoms with Crippen molar-refractivity contribution in [2.75, 3.05) is 13.1 Å². The van der Waals surface area contributed by atoms with Crippen LogP contribution in [0.25, 0.3) is 0 Å². The van der Waals surface area contributed by atoms with E-state index in [4.69, 9.17) is 10.5 Å². The van der Waals surface area contributed by atoms with Crippen LogP contribution in [-0.4, -0.2) is 30.0 Å². The van der Waals surface area contributed by atoms with Crippen molar-refractivity contribution in [2.24, 2.45) is 5.73 Å². The molecular weight excluding hydrogens is 244 g/mol. The molecule has 0 bridgehead atoms. The Morgan fingerprint density at radius 2 is 1.74 bits per heavy atom. The van der Waals surface area contributed by atoms with Gasteiger partial charge >= 0.3 is 6.09 Å². The Bertz CT molecular complexity index is 450. The minimum Gasteiger partial charge on any atom is -0.445 e. The highest BCUT2D eigenvalue weighted by Gasteiger charge is 2.17. The van der Waals surface area contributed by atoms with Gasteiger partial charge in [-0.15, -0.1) is 0 Å². The molecule has 19 heavy (non-hydrogen) atoms. The molecule has 2 amide bonds. The van der Waals surface area contributed by atoms with Crippen LogP contribution in [0.15, 0.2) is 24.3 Å². The van der Waals surface area contributed by atoms with E-state index in [-0.39, 0.29) is 12.7 Å². The van der Waals surface area contributed by atoms with Crippen LogP contribution in [0.5, 0.6) is 0 Å². The Morgan fingerprint density at radius 3 is 2.32 bits per heavy atom. The number of nitrogens with zero attached hydrogens (tertiary/aromatic N) is 1. The molecule has 2 rings (SSSR count). The highest BCUT2D eigenvalue weighted by Crippen LogP contribution is 2.11. The second kappa shape index (κ2) is 6.22. The summed E-state index contributed by atoms with van der Waals surface area (Å²) >= 11 is 0.